The van der Waals surface area contributed by atoms with E-state index in [4.69, 9.17) is 0 Å². The minimum absolute atomic E-state index is 0.00873. The monoisotopic (exact) mass is 263 g/mol. The van der Waals surface area contributed by atoms with Crippen molar-refractivity contribution in [2.45, 2.75) is 39.7 Å². The fourth-order valence-electron chi connectivity index (χ4n) is 2.47. The Labute approximate surface area is 113 Å². The van der Waals surface area contributed by atoms with Crippen LogP contribution in [-0.4, -0.2) is 24.0 Å². The van der Waals surface area contributed by atoms with Crippen molar-refractivity contribution >= 4 is 11.7 Å². The highest BCUT2D eigenvalue weighted by molar-refractivity contribution is 5.73. The Balaban J connectivity index is 2.32. The normalized spacial score (nSPS) is 15.4. The summed E-state index contributed by atoms with van der Waals surface area (Å²) < 4.78 is 0. The summed E-state index contributed by atoms with van der Waals surface area (Å²) in [4.78, 5) is 28.7. The quantitative estimate of drug-likeness (QED) is 0.864. The van der Waals surface area contributed by atoms with Crippen LogP contribution in [0.5, 0.6) is 0 Å². The number of carbonyl (C=O) groups excluding carboxylic acids is 1. The Morgan fingerprint density at radius 1 is 1.37 bits per heavy atom. The van der Waals surface area contributed by atoms with Crippen molar-refractivity contribution in [3.05, 3.63) is 27.5 Å². The van der Waals surface area contributed by atoms with Gasteiger partial charge >= 0.3 is 0 Å². The maximum absolute atomic E-state index is 12.1. The van der Waals surface area contributed by atoms with Crippen LogP contribution >= 0.6 is 0 Å². The van der Waals surface area contributed by atoms with Gasteiger partial charge in [-0.25, -0.2) is 0 Å². The summed E-state index contributed by atoms with van der Waals surface area (Å²) in [6.45, 7) is 5.57. The minimum atomic E-state index is -0.121. The zero-order valence-electron chi connectivity index (χ0n) is 11.6. The molecule has 0 bridgehead atoms. The van der Waals surface area contributed by atoms with E-state index in [-0.39, 0.29) is 17.9 Å². The van der Waals surface area contributed by atoms with E-state index in [1.54, 1.807) is 6.07 Å². The molecule has 19 heavy (non-hydrogen) atoms. The van der Waals surface area contributed by atoms with Gasteiger partial charge in [0, 0.05) is 31.8 Å². The lowest BCUT2D eigenvalue weighted by molar-refractivity contribution is -0.119. The third kappa shape index (κ3) is 3.36. The van der Waals surface area contributed by atoms with Crippen molar-refractivity contribution in [1.82, 2.24) is 10.3 Å². The molecule has 2 heterocycles. The molecule has 104 valence electrons. The van der Waals surface area contributed by atoms with Crippen molar-refractivity contribution in [2.24, 2.45) is 0 Å². The van der Waals surface area contributed by atoms with Crippen LogP contribution in [0.2, 0.25) is 0 Å². The van der Waals surface area contributed by atoms with E-state index < -0.39 is 0 Å². The first-order chi connectivity index (χ1) is 9.08. The molecule has 2 rings (SSSR count). The van der Waals surface area contributed by atoms with Gasteiger partial charge in [-0.05, 0) is 26.2 Å². The number of aromatic nitrogens is 1. The van der Waals surface area contributed by atoms with Crippen LogP contribution in [0, 0.1) is 6.92 Å². The molecular formula is C14H21N3O2. The number of aryl methyl sites for hydroxylation is 1. The number of aromatic amines is 1. The minimum Gasteiger partial charge on any atom is -0.358 e. The van der Waals surface area contributed by atoms with Crippen molar-refractivity contribution in [3.63, 3.8) is 0 Å². The van der Waals surface area contributed by atoms with E-state index in [0.29, 0.717) is 5.56 Å². The second kappa shape index (κ2) is 5.91. The molecule has 0 radical (unpaired) electrons. The zero-order chi connectivity index (χ0) is 13.8. The summed E-state index contributed by atoms with van der Waals surface area (Å²) in [5.41, 5.74) is 1.51. The lowest BCUT2D eigenvalue weighted by Crippen LogP contribution is -2.34. The number of nitrogens with one attached hydrogen (secondary N) is 2. The van der Waals surface area contributed by atoms with Gasteiger partial charge in [-0.15, -0.1) is 0 Å². The first kappa shape index (κ1) is 13.6. The van der Waals surface area contributed by atoms with Gasteiger partial charge in [0.25, 0.3) is 0 Å². The molecule has 0 aliphatic carbocycles. The van der Waals surface area contributed by atoms with Crippen molar-refractivity contribution < 1.29 is 4.79 Å². The number of hydrogen-bond donors (Lipinski definition) is 2. The largest absolute Gasteiger partial charge is 0.358 e. The van der Waals surface area contributed by atoms with Crippen LogP contribution in [-0.2, 0) is 11.3 Å². The Bertz CT molecular complexity index is 516. The van der Waals surface area contributed by atoms with Gasteiger partial charge in [0.1, 0.15) is 5.82 Å². The SMILES string of the molecule is CC(=O)NCc1c(N2CCCCC2)[nH]c(C)cc1=O. The molecule has 1 fully saturated rings. The molecule has 0 spiro atoms. The van der Waals surface area contributed by atoms with Crippen LogP contribution < -0.4 is 15.6 Å². The van der Waals surface area contributed by atoms with Crippen LogP contribution in [0.3, 0.4) is 0 Å². The number of H-pyrrole nitrogens is 1. The summed E-state index contributed by atoms with van der Waals surface area (Å²) in [5, 5.41) is 2.72. The van der Waals surface area contributed by atoms with Crippen LogP contribution in [0.4, 0.5) is 5.82 Å². The van der Waals surface area contributed by atoms with Crippen molar-refractivity contribution in [3.8, 4) is 0 Å². The number of piperidine rings is 1. The number of nitrogens with zero attached hydrogens (tertiary/aromatic N) is 1. The summed E-state index contributed by atoms with van der Waals surface area (Å²) in [7, 11) is 0. The van der Waals surface area contributed by atoms with E-state index in [0.717, 1.165) is 37.4 Å². The third-order valence-electron chi connectivity index (χ3n) is 3.43. The zero-order valence-corrected chi connectivity index (χ0v) is 11.6. The average molecular weight is 263 g/mol. The molecule has 0 unspecified atom stereocenters. The van der Waals surface area contributed by atoms with E-state index >= 15 is 0 Å². The first-order valence-corrected chi connectivity index (χ1v) is 6.80. The van der Waals surface area contributed by atoms with Gasteiger partial charge in [0.2, 0.25) is 5.91 Å². The molecule has 0 atom stereocenters. The molecule has 1 aromatic rings. The number of rotatable bonds is 3. The van der Waals surface area contributed by atoms with Crippen molar-refractivity contribution in [2.75, 3.05) is 18.0 Å². The lowest BCUT2D eigenvalue weighted by Gasteiger charge is -2.30. The Hall–Kier alpha value is -1.78. The molecule has 1 aromatic heterocycles. The number of amides is 1. The summed E-state index contributed by atoms with van der Waals surface area (Å²) in [6.07, 6.45) is 3.54. The maximum atomic E-state index is 12.1. The number of anilines is 1. The summed E-state index contributed by atoms with van der Waals surface area (Å²) in [6, 6.07) is 1.59. The maximum Gasteiger partial charge on any atom is 0.217 e. The standard InChI is InChI=1S/C14H21N3O2/c1-10-8-13(19)12(9-15-11(2)18)14(16-10)17-6-4-3-5-7-17/h8H,3-7,9H2,1-2H3,(H,15,18)(H,16,19). The van der Waals surface area contributed by atoms with Crippen molar-refractivity contribution in [1.29, 1.82) is 0 Å². The van der Waals surface area contributed by atoms with E-state index in [1.165, 1.54) is 13.3 Å². The van der Waals surface area contributed by atoms with E-state index in [9.17, 15) is 9.59 Å². The molecule has 1 aliphatic heterocycles. The Kier molecular flexibility index (Phi) is 4.24. The molecule has 5 nitrogen and oxygen atoms in total. The van der Waals surface area contributed by atoms with Gasteiger partial charge in [0.05, 0.1) is 12.1 Å². The van der Waals surface area contributed by atoms with Gasteiger partial charge in [-0.3, -0.25) is 9.59 Å². The van der Waals surface area contributed by atoms with Crippen LogP contribution in [0.15, 0.2) is 10.9 Å². The fourth-order valence-corrected chi connectivity index (χ4v) is 2.47. The van der Waals surface area contributed by atoms with Gasteiger partial charge in [0.15, 0.2) is 5.43 Å². The topological polar surface area (TPSA) is 65.2 Å². The highest BCUT2D eigenvalue weighted by Crippen LogP contribution is 2.20. The summed E-state index contributed by atoms with van der Waals surface area (Å²) in [5.74, 6) is 0.753. The lowest BCUT2D eigenvalue weighted by atomic mass is 10.1. The molecule has 0 aromatic carbocycles. The molecule has 0 saturated carbocycles. The Morgan fingerprint density at radius 2 is 2.05 bits per heavy atom. The van der Waals surface area contributed by atoms with E-state index in [2.05, 4.69) is 15.2 Å². The van der Waals surface area contributed by atoms with Crippen LogP contribution in [0.25, 0.3) is 0 Å². The smallest absolute Gasteiger partial charge is 0.217 e. The molecule has 2 N–H and O–H groups in total. The Morgan fingerprint density at radius 3 is 2.68 bits per heavy atom. The number of pyridine rings is 1. The molecule has 5 heteroatoms. The highest BCUT2D eigenvalue weighted by atomic mass is 16.1. The predicted octanol–water partition coefficient (Wildman–Crippen LogP) is 1.31. The van der Waals surface area contributed by atoms with Gasteiger partial charge in [-0.2, -0.15) is 0 Å². The molecular weight excluding hydrogens is 242 g/mol. The number of carbonyl (C=O) groups is 1. The summed E-state index contributed by atoms with van der Waals surface area (Å²) >= 11 is 0. The van der Waals surface area contributed by atoms with Gasteiger partial charge < -0.3 is 15.2 Å². The van der Waals surface area contributed by atoms with Crippen LogP contribution in [0.1, 0.15) is 37.4 Å². The predicted molar refractivity (Wildman–Crippen MR) is 75.4 cm³/mol. The fraction of sp³-hybridized carbons (Fsp3) is 0.571. The second-order valence-electron chi connectivity index (χ2n) is 5.10. The van der Waals surface area contributed by atoms with Gasteiger partial charge in [-0.1, -0.05) is 0 Å². The number of hydrogen-bond acceptors (Lipinski definition) is 3. The third-order valence-corrected chi connectivity index (χ3v) is 3.43. The molecule has 1 amide bonds. The molecule has 1 saturated heterocycles. The van der Waals surface area contributed by atoms with E-state index in [1.807, 2.05) is 6.92 Å². The first-order valence-electron chi connectivity index (χ1n) is 6.80. The second-order valence-corrected chi connectivity index (χ2v) is 5.10. The average Bonchev–Trinajstić information content (AvgIpc) is 2.37. The molecule has 1 aliphatic rings. The highest BCUT2D eigenvalue weighted by Gasteiger charge is 2.17.